The number of carboxylic acid groups (broad SMARTS) is 1. The van der Waals surface area contributed by atoms with Crippen LogP contribution in [0.1, 0.15) is 43.5 Å². The van der Waals surface area contributed by atoms with Crippen molar-refractivity contribution in [1.82, 2.24) is 4.72 Å². The predicted molar refractivity (Wildman–Crippen MR) is 102 cm³/mol. The average Bonchev–Trinajstić information content (AvgIpc) is 3.13. The lowest BCUT2D eigenvalue weighted by Gasteiger charge is -2.14. The van der Waals surface area contributed by atoms with Gasteiger partial charge in [0.2, 0.25) is 10.0 Å². The monoisotopic (exact) mass is 400 g/mol. The number of nitrogens with one attached hydrogen (secondary N) is 2. The van der Waals surface area contributed by atoms with Crippen molar-refractivity contribution in [2.24, 2.45) is 0 Å². The van der Waals surface area contributed by atoms with E-state index in [4.69, 9.17) is 9.47 Å². The SMILES string of the molecule is CC(C)OCCCNc1ccc(S(=O)(=O)NCC2CCCO2)cc1C(=O)O. The van der Waals surface area contributed by atoms with E-state index in [0.717, 1.165) is 12.8 Å². The number of carbonyl (C=O) groups is 1. The Morgan fingerprint density at radius 3 is 2.81 bits per heavy atom. The zero-order chi connectivity index (χ0) is 19.9. The first-order valence-electron chi connectivity index (χ1n) is 9.13. The van der Waals surface area contributed by atoms with Crippen LogP contribution < -0.4 is 10.0 Å². The molecule has 0 bridgehead atoms. The Balaban J connectivity index is 2.01. The highest BCUT2D eigenvalue weighted by Crippen LogP contribution is 2.21. The molecule has 1 atom stereocenters. The van der Waals surface area contributed by atoms with Gasteiger partial charge < -0.3 is 19.9 Å². The molecule has 1 aliphatic heterocycles. The minimum absolute atomic E-state index is 0.0772. The normalized spacial score (nSPS) is 17.4. The van der Waals surface area contributed by atoms with Crippen LogP contribution >= 0.6 is 0 Å². The number of hydrogen-bond donors (Lipinski definition) is 3. The fourth-order valence-electron chi connectivity index (χ4n) is 2.73. The van der Waals surface area contributed by atoms with Gasteiger partial charge in [0.05, 0.1) is 22.7 Å². The first kappa shape index (κ1) is 21.6. The van der Waals surface area contributed by atoms with Crippen LogP contribution in [0.4, 0.5) is 5.69 Å². The van der Waals surface area contributed by atoms with Gasteiger partial charge in [-0.2, -0.15) is 0 Å². The Kier molecular flexibility index (Phi) is 8.03. The third-order valence-electron chi connectivity index (χ3n) is 4.14. The van der Waals surface area contributed by atoms with Crippen molar-refractivity contribution in [1.29, 1.82) is 0 Å². The van der Waals surface area contributed by atoms with Crippen molar-refractivity contribution in [3.8, 4) is 0 Å². The predicted octanol–water partition coefficient (Wildman–Crippen LogP) is 2.07. The van der Waals surface area contributed by atoms with Crippen LogP contribution in [-0.2, 0) is 19.5 Å². The number of sulfonamides is 1. The van der Waals surface area contributed by atoms with E-state index < -0.39 is 16.0 Å². The topological polar surface area (TPSA) is 114 Å². The highest BCUT2D eigenvalue weighted by Gasteiger charge is 2.22. The maximum atomic E-state index is 12.4. The molecular formula is C18H28N2O6S. The van der Waals surface area contributed by atoms with Crippen LogP contribution in [0.3, 0.4) is 0 Å². The molecule has 0 radical (unpaired) electrons. The first-order valence-corrected chi connectivity index (χ1v) is 10.6. The largest absolute Gasteiger partial charge is 0.478 e. The molecule has 0 aliphatic carbocycles. The second-order valence-electron chi connectivity index (χ2n) is 6.70. The van der Waals surface area contributed by atoms with E-state index in [1.807, 2.05) is 13.8 Å². The molecule has 1 fully saturated rings. The molecule has 9 heteroatoms. The molecule has 0 amide bonds. The van der Waals surface area contributed by atoms with E-state index in [1.165, 1.54) is 18.2 Å². The zero-order valence-electron chi connectivity index (χ0n) is 15.7. The fraction of sp³-hybridized carbons (Fsp3) is 0.611. The standard InChI is InChI=1S/C18H28N2O6S/c1-13(2)25-10-4-8-19-17-7-6-15(11-16(17)18(21)22)27(23,24)20-12-14-5-3-9-26-14/h6-7,11,13-14,19-20H,3-5,8-10,12H2,1-2H3,(H,21,22). The minimum Gasteiger partial charge on any atom is -0.478 e. The van der Waals surface area contributed by atoms with E-state index in [1.54, 1.807) is 0 Å². The van der Waals surface area contributed by atoms with Crippen molar-refractivity contribution in [2.75, 3.05) is 31.6 Å². The number of benzene rings is 1. The second kappa shape index (κ2) is 10.0. The molecule has 1 saturated heterocycles. The van der Waals surface area contributed by atoms with E-state index in [2.05, 4.69) is 10.0 Å². The summed E-state index contributed by atoms with van der Waals surface area (Å²) in [7, 11) is -3.80. The molecule has 3 N–H and O–H groups in total. The highest BCUT2D eigenvalue weighted by atomic mass is 32.2. The summed E-state index contributed by atoms with van der Waals surface area (Å²) >= 11 is 0. The van der Waals surface area contributed by atoms with E-state index in [-0.39, 0.29) is 29.2 Å². The molecule has 8 nitrogen and oxygen atoms in total. The minimum atomic E-state index is -3.80. The lowest BCUT2D eigenvalue weighted by Crippen LogP contribution is -2.32. The van der Waals surface area contributed by atoms with Crippen LogP contribution in [0.15, 0.2) is 23.1 Å². The van der Waals surface area contributed by atoms with Gasteiger partial charge in [0.1, 0.15) is 0 Å². The summed E-state index contributed by atoms with van der Waals surface area (Å²) in [6.45, 7) is 5.80. The van der Waals surface area contributed by atoms with Gasteiger partial charge in [-0.25, -0.2) is 17.9 Å². The molecule has 1 heterocycles. The number of hydrogen-bond acceptors (Lipinski definition) is 6. The van der Waals surface area contributed by atoms with Crippen LogP contribution in [0.2, 0.25) is 0 Å². The van der Waals surface area contributed by atoms with Crippen LogP contribution in [-0.4, -0.2) is 58.0 Å². The Hall–Kier alpha value is -1.68. The molecule has 1 unspecified atom stereocenters. The maximum Gasteiger partial charge on any atom is 0.337 e. The van der Waals surface area contributed by atoms with Gasteiger partial charge >= 0.3 is 5.97 Å². The summed E-state index contributed by atoms with van der Waals surface area (Å²) in [5.41, 5.74) is 0.296. The summed E-state index contributed by atoms with van der Waals surface area (Å²) in [6.07, 6.45) is 2.45. The molecule has 1 aliphatic rings. The Morgan fingerprint density at radius 1 is 1.41 bits per heavy atom. The Labute approximate surface area is 160 Å². The number of rotatable bonds is 11. The molecule has 0 saturated carbocycles. The number of carboxylic acids is 1. The highest BCUT2D eigenvalue weighted by molar-refractivity contribution is 7.89. The second-order valence-corrected chi connectivity index (χ2v) is 8.47. The molecule has 1 aromatic carbocycles. The van der Waals surface area contributed by atoms with Crippen molar-refractivity contribution in [3.63, 3.8) is 0 Å². The Bertz CT molecular complexity index is 729. The number of aromatic carboxylic acids is 1. The lowest BCUT2D eigenvalue weighted by atomic mass is 10.2. The molecule has 1 aromatic rings. The molecule has 0 spiro atoms. The zero-order valence-corrected chi connectivity index (χ0v) is 16.5. The van der Waals surface area contributed by atoms with Crippen LogP contribution in [0, 0.1) is 0 Å². The molecule has 0 aromatic heterocycles. The van der Waals surface area contributed by atoms with E-state index >= 15 is 0 Å². The molecule has 152 valence electrons. The van der Waals surface area contributed by atoms with Gasteiger partial charge in [-0.3, -0.25) is 0 Å². The quantitative estimate of drug-likeness (QED) is 0.487. The average molecular weight is 400 g/mol. The van der Waals surface area contributed by atoms with Gasteiger partial charge in [0.15, 0.2) is 0 Å². The molecular weight excluding hydrogens is 372 g/mol. The van der Waals surface area contributed by atoms with Gasteiger partial charge in [-0.05, 0) is 51.3 Å². The van der Waals surface area contributed by atoms with Crippen LogP contribution in [0.25, 0.3) is 0 Å². The van der Waals surface area contributed by atoms with Gasteiger partial charge in [0, 0.05) is 32.0 Å². The summed E-state index contributed by atoms with van der Waals surface area (Å²) < 4.78 is 38.2. The maximum absolute atomic E-state index is 12.4. The lowest BCUT2D eigenvalue weighted by molar-refractivity contribution is 0.0697. The number of anilines is 1. The van der Waals surface area contributed by atoms with Crippen molar-refractivity contribution < 1.29 is 27.8 Å². The van der Waals surface area contributed by atoms with Gasteiger partial charge in [0.25, 0.3) is 0 Å². The van der Waals surface area contributed by atoms with Crippen molar-refractivity contribution in [2.45, 2.75) is 50.2 Å². The summed E-state index contributed by atoms with van der Waals surface area (Å²) in [5.74, 6) is -1.19. The van der Waals surface area contributed by atoms with Gasteiger partial charge in [-0.15, -0.1) is 0 Å². The van der Waals surface area contributed by atoms with Crippen LogP contribution in [0.5, 0.6) is 0 Å². The Morgan fingerprint density at radius 2 is 2.19 bits per heavy atom. The summed E-state index contributed by atoms with van der Waals surface area (Å²) in [6, 6.07) is 4.05. The first-order chi connectivity index (χ1) is 12.8. The smallest absolute Gasteiger partial charge is 0.337 e. The number of ether oxygens (including phenoxy) is 2. The van der Waals surface area contributed by atoms with Crippen molar-refractivity contribution in [3.05, 3.63) is 23.8 Å². The third-order valence-corrected chi connectivity index (χ3v) is 5.57. The third kappa shape index (κ3) is 6.76. The summed E-state index contributed by atoms with van der Waals surface area (Å²) in [4.78, 5) is 11.5. The molecule has 27 heavy (non-hydrogen) atoms. The van der Waals surface area contributed by atoms with E-state index in [9.17, 15) is 18.3 Å². The van der Waals surface area contributed by atoms with Crippen molar-refractivity contribution >= 4 is 21.7 Å². The van der Waals surface area contributed by atoms with E-state index in [0.29, 0.717) is 31.9 Å². The molecule has 2 rings (SSSR count). The van der Waals surface area contributed by atoms with Gasteiger partial charge in [-0.1, -0.05) is 0 Å². The summed E-state index contributed by atoms with van der Waals surface area (Å²) in [5, 5.41) is 12.5. The fourth-order valence-corrected chi connectivity index (χ4v) is 3.82.